The number of methoxy groups -OCH3 is 1. The third kappa shape index (κ3) is 3.70. The molecule has 1 aliphatic carbocycles. The monoisotopic (exact) mass is 348 g/mol. The van der Waals surface area contributed by atoms with Gasteiger partial charge in [-0.1, -0.05) is 19.3 Å². The predicted octanol–water partition coefficient (Wildman–Crippen LogP) is 1.62. The van der Waals surface area contributed by atoms with Crippen LogP contribution in [0.1, 0.15) is 44.3 Å². The first-order valence-electron chi connectivity index (χ1n) is 8.75. The first kappa shape index (κ1) is 17.5. The molecule has 0 radical (unpaired) electrons. The minimum atomic E-state index is -0.943. The highest BCUT2D eigenvalue weighted by Gasteiger charge is 2.44. The van der Waals surface area contributed by atoms with Gasteiger partial charge >= 0.3 is 5.97 Å². The van der Waals surface area contributed by atoms with Crippen LogP contribution in [0.25, 0.3) is 0 Å². The molecule has 2 amide bonds. The van der Waals surface area contributed by atoms with E-state index in [2.05, 4.69) is 5.32 Å². The molecule has 1 N–H and O–H groups in total. The van der Waals surface area contributed by atoms with Gasteiger partial charge < -0.3 is 19.4 Å². The number of carbonyl (C=O) groups excluding carboxylic acids is 3. The Balaban J connectivity index is 1.64. The summed E-state index contributed by atoms with van der Waals surface area (Å²) in [5.41, 5.74) is -0.943. The molecule has 3 rings (SSSR count). The molecular formula is C18H24N2O5. The number of esters is 1. The van der Waals surface area contributed by atoms with E-state index in [9.17, 15) is 14.4 Å². The molecule has 7 heteroatoms. The van der Waals surface area contributed by atoms with Gasteiger partial charge in [0.25, 0.3) is 0 Å². The van der Waals surface area contributed by atoms with Crippen LogP contribution in [0.15, 0.2) is 22.8 Å². The summed E-state index contributed by atoms with van der Waals surface area (Å²) in [6.45, 7) is 0.695. The second kappa shape index (κ2) is 7.29. The van der Waals surface area contributed by atoms with Crippen molar-refractivity contribution in [1.82, 2.24) is 10.2 Å². The standard InChI is InChI=1S/C18H24N2O5/c1-24-17(23)18(7-3-2-4-8-18)19-16(22)13-10-15(21)20(11-13)12-14-6-5-9-25-14/h5-6,9,13H,2-4,7-8,10-12H2,1H3,(H,19,22). The van der Waals surface area contributed by atoms with E-state index in [4.69, 9.17) is 9.15 Å². The van der Waals surface area contributed by atoms with Crippen LogP contribution >= 0.6 is 0 Å². The molecular weight excluding hydrogens is 324 g/mol. The predicted molar refractivity (Wildman–Crippen MR) is 88.2 cm³/mol. The zero-order valence-corrected chi connectivity index (χ0v) is 14.5. The van der Waals surface area contributed by atoms with Crippen LogP contribution in [0.2, 0.25) is 0 Å². The fourth-order valence-electron chi connectivity index (χ4n) is 3.76. The maximum atomic E-state index is 12.7. The van der Waals surface area contributed by atoms with Crippen LogP contribution < -0.4 is 5.32 Å². The lowest BCUT2D eigenvalue weighted by Crippen LogP contribution is -2.57. The lowest BCUT2D eigenvalue weighted by Gasteiger charge is -2.35. The molecule has 1 saturated carbocycles. The fourth-order valence-corrected chi connectivity index (χ4v) is 3.76. The average molecular weight is 348 g/mol. The summed E-state index contributed by atoms with van der Waals surface area (Å²) in [4.78, 5) is 38.8. The summed E-state index contributed by atoms with van der Waals surface area (Å²) in [7, 11) is 1.34. The van der Waals surface area contributed by atoms with Gasteiger partial charge in [0.05, 0.1) is 25.8 Å². The lowest BCUT2D eigenvalue weighted by atomic mass is 9.81. The van der Waals surface area contributed by atoms with Crippen molar-refractivity contribution in [3.63, 3.8) is 0 Å². The molecule has 1 atom stereocenters. The Kier molecular flexibility index (Phi) is 5.11. The van der Waals surface area contributed by atoms with Gasteiger partial charge in [0, 0.05) is 13.0 Å². The van der Waals surface area contributed by atoms with Gasteiger partial charge in [-0.15, -0.1) is 0 Å². The molecule has 0 aromatic carbocycles. The lowest BCUT2D eigenvalue weighted by molar-refractivity contribution is -0.153. The number of carbonyl (C=O) groups is 3. The van der Waals surface area contributed by atoms with Crippen LogP contribution in [0.3, 0.4) is 0 Å². The zero-order valence-electron chi connectivity index (χ0n) is 14.5. The largest absolute Gasteiger partial charge is 0.467 e. The summed E-state index contributed by atoms with van der Waals surface area (Å²) >= 11 is 0. The summed E-state index contributed by atoms with van der Waals surface area (Å²) in [6.07, 6.45) is 5.69. The van der Waals surface area contributed by atoms with Crippen LogP contribution in [0.4, 0.5) is 0 Å². The van der Waals surface area contributed by atoms with Crippen molar-refractivity contribution in [1.29, 1.82) is 0 Å². The second-order valence-electron chi connectivity index (χ2n) is 6.88. The smallest absolute Gasteiger partial charge is 0.331 e. The zero-order chi connectivity index (χ0) is 17.9. The number of ether oxygens (including phenoxy) is 1. The van der Waals surface area contributed by atoms with Crippen molar-refractivity contribution in [3.05, 3.63) is 24.2 Å². The SMILES string of the molecule is COC(=O)C1(NC(=O)C2CC(=O)N(Cc3ccco3)C2)CCCCC1. The maximum Gasteiger partial charge on any atom is 0.331 e. The number of hydrogen-bond donors (Lipinski definition) is 1. The molecule has 1 aliphatic heterocycles. The Morgan fingerprint density at radius 1 is 1.36 bits per heavy atom. The molecule has 7 nitrogen and oxygen atoms in total. The minimum Gasteiger partial charge on any atom is -0.467 e. The van der Waals surface area contributed by atoms with Crippen molar-refractivity contribution in [2.75, 3.05) is 13.7 Å². The molecule has 136 valence electrons. The van der Waals surface area contributed by atoms with Crippen LogP contribution in [-0.4, -0.2) is 41.9 Å². The Hall–Kier alpha value is -2.31. The molecule has 1 aromatic rings. The number of furan rings is 1. The highest BCUT2D eigenvalue weighted by atomic mass is 16.5. The molecule has 25 heavy (non-hydrogen) atoms. The molecule has 1 unspecified atom stereocenters. The fraction of sp³-hybridized carbons (Fsp3) is 0.611. The molecule has 2 fully saturated rings. The van der Waals surface area contributed by atoms with Crippen molar-refractivity contribution >= 4 is 17.8 Å². The number of nitrogens with one attached hydrogen (secondary N) is 1. The van der Waals surface area contributed by atoms with Gasteiger partial charge in [0.15, 0.2) is 0 Å². The highest BCUT2D eigenvalue weighted by molar-refractivity contribution is 5.93. The Bertz CT molecular complexity index is 634. The van der Waals surface area contributed by atoms with E-state index in [0.29, 0.717) is 31.7 Å². The molecule has 0 bridgehead atoms. The topological polar surface area (TPSA) is 88.8 Å². The quantitative estimate of drug-likeness (QED) is 0.817. The molecule has 1 aromatic heterocycles. The Labute approximate surface area is 146 Å². The van der Waals surface area contributed by atoms with E-state index < -0.39 is 17.4 Å². The van der Waals surface area contributed by atoms with E-state index >= 15 is 0 Å². The van der Waals surface area contributed by atoms with E-state index in [1.807, 2.05) is 0 Å². The van der Waals surface area contributed by atoms with Crippen molar-refractivity contribution in [2.45, 2.75) is 50.6 Å². The first-order valence-corrected chi connectivity index (χ1v) is 8.75. The Morgan fingerprint density at radius 2 is 2.12 bits per heavy atom. The first-order chi connectivity index (χ1) is 12.0. The van der Waals surface area contributed by atoms with Crippen LogP contribution in [0, 0.1) is 5.92 Å². The van der Waals surface area contributed by atoms with Gasteiger partial charge in [0.2, 0.25) is 11.8 Å². The van der Waals surface area contributed by atoms with E-state index in [-0.39, 0.29) is 18.2 Å². The number of likely N-dealkylation sites (tertiary alicyclic amines) is 1. The van der Waals surface area contributed by atoms with E-state index in [0.717, 1.165) is 19.3 Å². The van der Waals surface area contributed by atoms with Gasteiger partial charge in [-0.05, 0) is 25.0 Å². The van der Waals surface area contributed by atoms with Crippen molar-refractivity contribution in [3.8, 4) is 0 Å². The summed E-state index contributed by atoms with van der Waals surface area (Å²) in [6, 6.07) is 3.57. The van der Waals surface area contributed by atoms with E-state index in [1.165, 1.54) is 7.11 Å². The highest BCUT2D eigenvalue weighted by Crippen LogP contribution is 2.30. The number of amides is 2. The van der Waals surface area contributed by atoms with Crippen molar-refractivity contribution in [2.24, 2.45) is 5.92 Å². The summed E-state index contributed by atoms with van der Waals surface area (Å²) in [5, 5.41) is 2.91. The minimum absolute atomic E-state index is 0.0766. The average Bonchev–Trinajstić information content (AvgIpc) is 3.25. The van der Waals surface area contributed by atoms with Crippen LogP contribution in [-0.2, 0) is 25.7 Å². The maximum absolute atomic E-state index is 12.7. The summed E-state index contributed by atoms with van der Waals surface area (Å²) in [5.74, 6) is -0.481. The van der Waals surface area contributed by atoms with Crippen molar-refractivity contribution < 1.29 is 23.5 Å². The molecule has 1 saturated heterocycles. The van der Waals surface area contributed by atoms with Crippen LogP contribution in [0.5, 0.6) is 0 Å². The third-order valence-corrected chi connectivity index (χ3v) is 5.16. The summed E-state index contributed by atoms with van der Waals surface area (Å²) < 4.78 is 10.2. The van der Waals surface area contributed by atoms with Gasteiger partial charge in [-0.25, -0.2) is 4.79 Å². The normalized spacial score (nSPS) is 22.7. The second-order valence-corrected chi connectivity index (χ2v) is 6.88. The third-order valence-electron chi connectivity index (χ3n) is 5.16. The Morgan fingerprint density at radius 3 is 2.76 bits per heavy atom. The number of rotatable bonds is 5. The number of hydrogen-bond acceptors (Lipinski definition) is 5. The van der Waals surface area contributed by atoms with Gasteiger partial charge in [-0.3, -0.25) is 9.59 Å². The molecule has 2 aliphatic rings. The molecule has 0 spiro atoms. The van der Waals surface area contributed by atoms with Gasteiger partial charge in [0.1, 0.15) is 11.3 Å². The van der Waals surface area contributed by atoms with E-state index in [1.54, 1.807) is 23.3 Å². The number of nitrogens with zero attached hydrogens (tertiary/aromatic N) is 1. The molecule has 2 heterocycles. The van der Waals surface area contributed by atoms with Gasteiger partial charge in [-0.2, -0.15) is 0 Å².